The third kappa shape index (κ3) is 1.73. The molecule has 0 radical (unpaired) electrons. The first-order chi connectivity index (χ1) is 9.26. The molecule has 0 unspecified atom stereocenters. The number of ether oxygens (including phenoxy) is 2. The van der Waals surface area contributed by atoms with E-state index in [9.17, 15) is 0 Å². The van der Waals surface area contributed by atoms with Crippen molar-refractivity contribution in [2.75, 3.05) is 14.2 Å². The summed E-state index contributed by atoms with van der Waals surface area (Å²) in [4.78, 5) is 0. The van der Waals surface area contributed by atoms with Crippen LogP contribution in [0, 0.1) is 0 Å². The number of nitrogens with zero attached hydrogens (tertiary/aromatic N) is 1. The van der Waals surface area contributed by atoms with Crippen molar-refractivity contribution in [2.45, 2.75) is 0 Å². The Morgan fingerprint density at radius 3 is 2.53 bits per heavy atom. The highest BCUT2D eigenvalue weighted by atomic mass is 16.5. The van der Waals surface area contributed by atoms with E-state index in [0.717, 1.165) is 28.0 Å². The maximum atomic E-state index is 9.13. The minimum atomic E-state index is 0.504. The molecule has 0 saturated carbocycles. The van der Waals surface area contributed by atoms with E-state index in [2.05, 4.69) is 5.16 Å². The minimum absolute atomic E-state index is 0.504. The summed E-state index contributed by atoms with van der Waals surface area (Å²) in [5, 5.41) is 12.5. The average molecular weight is 255 g/mol. The van der Waals surface area contributed by atoms with Crippen molar-refractivity contribution in [1.29, 1.82) is 0 Å². The van der Waals surface area contributed by atoms with Gasteiger partial charge >= 0.3 is 0 Å². The predicted molar refractivity (Wildman–Crippen MR) is 73.3 cm³/mol. The van der Waals surface area contributed by atoms with E-state index >= 15 is 0 Å². The van der Waals surface area contributed by atoms with Crippen LogP contribution >= 0.6 is 0 Å². The van der Waals surface area contributed by atoms with Crippen molar-refractivity contribution in [2.24, 2.45) is 5.16 Å². The number of allylic oxidation sites excluding steroid dienone is 4. The van der Waals surface area contributed by atoms with Crippen molar-refractivity contribution >= 4 is 17.4 Å². The first-order valence-corrected chi connectivity index (χ1v) is 5.87. The summed E-state index contributed by atoms with van der Waals surface area (Å²) in [7, 11) is 3.23. The molecule has 0 spiro atoms. The van der Waals surface area contributed by atoms with E-state index in [0.29, 0.717) is 11.5 Å². The van der Waals surface area contributed by atoms with Crippen molar-refractivity contribution in [3.05, 3.63) is 52.8 Å². The highest BCUT2D eigenvalue weighted by Gasteiger charge is 2.26. The molecule has 0 aromatic heterocycles. The molecule has 0 bridgehead atoms. The van der Waals surface area contributed by atoms with Crippen LogP contribution in [0.25, 0.3) is 11.6 Å². The number of hydrogen-bond donors (Lipinski definition) is 1. The molecule has 1 aromatic rings. The molecule has 4 heteroatoms. The summed E-state index contributed by atoms with van der Waals surface area (Å²) in [5.41, 5.74) is 4.52. The normalized spacial score (nSPS) is 18.2. The lowest BCUT2D eigenvalue weighted by Crippen LogP contribution is -2.06. The largest absolute Gasteiger partial charge is 0.497 e. The number of methoxy groups -OCH3 is 2. The summed E-state index contributed by atoms with van der Waals surface area (Å²) in [6.07, 6.45) is 5.64. The van der Waals surface area contributed by atoms with Gasteiger partial charge in [-0.15, -0.1) is 0 Å². The van der Waals surface area contributed by atoms with Gasteiger partial charge in [0, 0.05) is 11.6 Å². The molecule has 0 amide bonds. The molecule has 3 rings (SSSR count). The monoisotopic (exact) mass is 255 g/mol. The van der Waals surface area contributed by atoms with Gasteiger partial charge in [-0.3, -0.25) is 0 Å². The number of benzene rings is 1. The minimum Gasteiger partial charge on any atom is -0.497 e. The van der Waals surface area contributed by atoms with E-state index in [4.69, 9.17) is 14.7 Å². The molecule has 1 N–H and O–H groups in total. The van der Waals surface area contributed by atoms with Gasteiger partial charge in [0.15, 0.2) is 0 Å². The van der Waals surface area contributed by atoms with Crippen molar-refractivity contribution in [3.63, 3.8) is 0 Å². The van der Waals surface area contributed by atoms with Crippen LogP contribution in [0.15, 0.2) is 46.8 Å². The van der Waals surface area contributed by atoms with Gasteiger partial charge < -0.3 is 14.7 Å². The Morgan fingerprint density at radius 1 is 1.00 bits per heavy atom. The summed E-state index contributed by atoms with van der Waals surface area (Å²) in [5.74, 6) is 1.46. The van der Waals surface area contributed by atoms with Crippen LogP contribution in [0.1, 0.15) is 11.1 Å². The fourth-order valence-corrected chi connectivity index (χ4v) is 2.36. The first-order valence-electron chi connectivity index (χ1n) is 5.87. The van der Waals surface area contributed by atoms with Gasteiger partial charge in [0.05, 0.1) is 14.2 Å². The topological polar surface area (TPSA) is 51.0 Å². The van der Waals surface area contributed by atoms with Gasteiger partial charge in [-0.25, -0.2) is 0 Å². The SMILES string of the molecule is COC1=CC(=NO)C2=Cc3ccc(OC)cc3C2=C1. The number of rotatable bonds is 2. The zero-order valence-corrected chi connectivity index (χ0v) is 10.7. The Hall–Kier alpha value is -2.49. The lowest BCUT2D eigenvalue weighted by molar-refractivity contribution is 0.305. The van der Waals surface area contributed by atoms with Crippen molar-refractivity contribution < 1.29 is 14.7 Å². The zero-order valence-electron chi connectivity index (χ0n) is 10.7. The van der Waals surface area contributed by atoms with E-state index in [1.807, 2.05) is 30.4 Å². The molecular formula is C15H13NO3. The molecular weight excluding hydrogens is 242 g/mol. The molecule has 0 fully saturated rings. The summed E-state index contributed by atoms with van der Waals surface area (Å²) >= 11 is 0. The molecule has 96 valence electrons. The third-order valence-electron chi connectivity index (χ3n) is 3.33. The van der Waals surface area contributed by atoms with E-state index in [1.54, 1.807) is 20.3 Å². The van der Waals surface area contributed by atoms with Crippen LogP contribution in [0.3, 0.4) is 0 Å². The standard InChI is InChI=1S/C15H13NO3/c1-18-10-4-3-9-5-14-13(12(9)6-10)7-11(19-2)8-15(14)16-17/h3-8,17H,1-2H3. The van der Waals surface area contributed by atoms with Crippen LogP contribution in [-0.2, 0) is 4.74 Å². The summed E-state index contributed by atoms with van der Waals surface area (Å²) in [6.45, 7) is 0. The Morgan fingerprint density at radius 2 is 1.84 bits per heavy atom. The molecule has 1 aromatic carbocycles. The quantitative estimate of drug-likeness (QED) is 0.653. The summed E-state index contributed by atoms with van der Waals surface area (Å²) in [6, 6.07) is 5.87. The lowest BCUT2D eigenvalue weighted by Gasteiger charge is -2.14. The fraction of sp³-hybridized carbons (Fsp3) is 0.133. The van der Waals surface area contributed by atoms with Crippen molar-refractivity contribution in [1.82, 2.24) is 0 Å². The number of oxime groups is 1. The zero-order chi connectivity index (χ0) is 13.4. The molecule has 0 aliphatic heterocycles. The smallest absolute Gasteiger partial charge is 0.121 e. The Balaban J connectivity index is 2.17. The molecule has 0 heterocycles. The van der Waals surface area contributed by atoms with Crippen LogP contribution in [0.4, 0.5) is 0 Å². The Kier molecular flexibility index (Phi) is 2.63. The van der Waals surface area contributed by atoms with E-state index < -0.39 is 0 Å². The van der Waals surface area contributed by atoms with Gasteiger partial charge in [0.1, 0.15) is 17.2 Å². The van der Waals surface area contributed by atoms with Crippen LogP contribution in [0.2, 0.25) is 0 Å². The molecule has 0 saturated heterocycles. The molecule has 0 atom stereocenters. The third-order valence-corrected chi connectivity index (χ3v) is 3.33. The maximum absolute atomic E-state index is 9.13. The fourth-order valence-electron chi connectivity index (χ4n) is 2.36. The number of fused-ring (bicyclic) bond motifs is 3. The number of hydrogen-bond acceptors (Lipinski definition) is 4. The highest BCUT2D eigenvalue weighted by molar-refractivity contribution is 6.26. The molecule has 2 aliphatic carbocycles. The van der Waals surface area contributed by atoms with E-state index in [-0.39, 0.29) is 0 Å². The van der Waals surface area contributed by atoms with Gasteiger partial charge in [0.25, 0.3) is 0 Å². The average Bonchev–Trinajstić information content (AvgIpc) is 2.83. The first kappa shape index (κ1) is 11.6. The van der Waals surface area contributed by atoms with Gasteiger partial charge in [-0.1, -0.05) is 11.2 Å². The van der Waals surface area contributed by atoms with Crippen LogP contribution in [-0.4, -0.2) is 25.1 Å². The second kappa shape index (κ2) is 4.31. The molecule has 19 heavy (non-hydrogen) atoms. The lowest BCUT2D eigenvalue weighted by atomic mass is 9.95. The summed E-state index contributed by atoms with van der Waals surface area (Å²) < 4.78 is 10.5. The van der Waals surface area contributed by atoms with Gasteiger partial charge in [0.2, 0.25) is 0 Å². The second-order valence-corrected chi connectivity index (χ2v) is 4.31. The maximum Gasteiger partial charge on any atom is 0.121 e. The van der Waals surface area contributed by atoms with Crippen LogP contribution in [0.5, 0.6) is 5.75 Å². The predicted octanol–water partition coefficient (Wildman–Crippen LogP) is 2.85. The van der Waals surface area contributed by atoms with Gasteiger partial charge in [-0.2, -0.15) is 0 Å². The second-order valence-electron chi connectivity index (χ2n) is 4.31. The van der Waals surface area contributed by atoms with Crippen LogP contribution < -0.4 is 4.74 Å². The highest BCUT2D eigenvalue weighted by Crippen LogP contribution is 2.41. The van der Waals surface area contributed by atoms with Gasteiger partial charge in [-0.05, 0) is 41.0 Å². The Labute approximate surface area is 111 Å². The Bertz CT molecular complexity index is 666. The van der Waals surface area contributed by atoms with E-state index in [1.165, 1.54) is 0 Å². The van der Waals surface area contributed by atoms with Crippen molar-refractivity contribution in [3.8, 4) is 5.75 Å². The molecule has 4 nitrogen and oxygen atoms in total. The molecule has 2 aliphatic rings.